The third kappa shape index (κ3) is 3.34. The first-order chi connectivity index (χ1) is 11.8. The van der Waals surface area contributed by atoms with E-state index in [9.17, 15) is 4.79 Å². The van der Waals surface area contributed by atoms with E-state index in [1.165, 1.54) is 30.2 Å². The van der Waals surface area contributed by atoms with Crippen LogP contribution in [0.1, 0.15) is 31.2 Å². The van der Waals surface area contributed by atoms with Crippen LogP contribution in [0.15, 0.2) is 30.5 Å². The molecule has 0 spiro atoms. The summed E-state index contributed by atoms with van der Waals surface area (Å²) in [6.45, 7) is 3.15. The van der Waals surface area contributed by atoms with E-state index in [1.54, 1.807) is 0 Å². The standard InChI is InChI=1S/C20H26N2O2/c23-20(7-5-15-4-6-19-17(12-15)8-9-21-19)22-10-11-24-14-18(13-22)16-2-1-3-16/h4,6,8-9,12,16,18,21H,1-3,5,7,10-11,13-14H2. The maximum atomic E-state index is 12.7. The molecule has 1 saturated heterocycles. The van der Waals surface area contributed by atoms with Crippen molar-refractivity contribution in [3.05, 3.63) is 36.0 Å². The number of carbonyl (C=O) groups is 1. The monoisotopic (exact) mass is 326 g/mol. The number of amides is 1. The molecule has 1 aliphatic heterocycles. The van der Waals surface area contributed by atoms with Crippen LogP contribution in [0.3, 0.4) is 0 Å². The first kappa shape index (κ1) is 15.7. The van der Waals surface area contributed by atoms with Crippen LogP contribution in [-0.2, 0) is 16.0 Å². The smallest absolute Gasteiger partial charge is 0.222 e. The number of nitrogens with one attached hydrogen (secondary N) is 1. The Hall–Kier alpha value is -1.81. The van der Waals surface area contributed by atoms with Gasteiger partial charge in [-0.25, -0.2) is 0 Å². The number of aryl methyl sites for hydroxylation is 1. The third-order valence-corrected chi connectivity index (χ3v) is 5.71. The molecule has 4 heteroatoms. The lowest BCUT2D eigenvalue weighted by Crippen LogP contribution is -2.39. The summed E-state index contributed by atoms with van der Waals surface area (Å²) in [6, 6.07) is 8.48. The highest BCUT2D eigenvalue weighted by Gasteiger charge is 2.31. The first-order valence-electron chi connectivity index (χ1n) is 9.21. The number of hydrogen-bond acceptors (Lipinski definition) is 2. The summed E-state index contributed by atoms with van der Waals surface area (Å²) in [5, 5.41) is 1.22. The third-order valence-electron chi connectivity index (χ3n) is 5.71. The second-order valence-corrected chi connectivity index (χ2v) is 7.27. The van der Waals surface area contributed by atoms with E-state index in [1.807, 2.05) is 11.1 Å². The molecule has 2 heterocycles. The van der Waals surface area contributed by atoms with Gasteiger partial charge < -0.3 is 14.6 Å². The Morgan fingerprint density at radius 2 is 2.17 bits per heavy atom. The molecular weight excluding hydrogens is 300 g/mol. The number of aromatic amines is 1. The minimum atomic E-state index is 0.277. The van der Waals surface area contributed by atoms with E-state index in [2.05, 4.69) is 29.2 Å². The van der Waals surface area contributed by atoms with Crippen molar-refractivity contribution in [1.29, 1.82) is 0 Å². The van der Waals surface area contributed by atoms with Gasteiger partial charge in [-0.3, -0.25) is 4.79 Å². The molecule has 128 valence electrons. The van der Waals surface area contributed by atoms with Gasteiger partial charge in [-0.15, -0.1) is 0 Å². The highest BCUT2D eigenvalue weighted by molar-refractivity contribution is 5.80. The number of hydrogen-bond donors (Lipinski definition) is 1. The first-order valence-corrected chi connectivity index (χ1v) is 9.21. The van der Waals surface area contributed by atoms with Crippen molar-refractivity contribution in [2.45, 2.75) is 32.1 Å². The Bertz CT molecular complexity index is 704. The minimum absolute atomic E-state index is 0.277. The average Bonchev–Trinajstić information content (AvgIpc) is 2.88. The number of nitrogens with zero attached hydrogens (tertiary/aromatic N) is 1. The molecule has 1 atom stereocenters. The van der Waals surface area contributed by atoms with Crippen molar-refractivity contribution in [3.8, 4) is 0 Å². The lowest BCUT2D eigenvalue weighted by Gasteiger charge is -2.35. The Kier molecular flexibility index (Phi) is 4.56. The summed E-state index contributed by atoms with van der Waals surface area (Å²) >= 11 is 0. The molecule has 4 rings (SSSR count). The van der Waals surface area contributed by atoms with Gasteiger partial charge in [-0.2, -0.15) is 0 Å². The SMILES string of the molecule is O=C(CCc1ccc2[nH]ccc2c1)N1CCOCC(C2CCC2)C1. The lowest BCUT2D eigenvalue weighted by molar-refractivity contribution is -0.131. The number of carbonyl (C=O) groups excluding carboxylic acids is 1. The van der Waals surface area contributed by atoms with E-state index >= 15 is 0 Å². The summed E-state index contributed by atoms with van der Waals surface area (Å²) in [5.74, 6) is 1.59. The number of benzene rings is 1. The van der Waals surface area contributed by atoms with Gasteiger partial charge in [0.05, 0.1) is 13.2 Å². The van der Waals surface area contributed by atoms with Crippen LogP contribution < -0.4 is 0 Å². The average molecular weight is 326 g/mol. The Morgan fingerprint density at radius 1 is 1.25 bits per heavy atom. The van der Waals surface area contributed by atoms with Crippen molar-refractivity contribution < 1.29 is 9.53 Å². The van der Waals surface area contributed by atoms with Gasteiger partial charge in [0.2, 0.25) is 5.91 Å². The van der Waals surface area contributed by atoms with Crippen LogP contribution >= 0.6 is 0 Å². The van der Waals surface area contributed by atoms with Gasteiger partial charge in [0.25, 0.3) is 0 Å². The Balaban J connectivity index is 1.35. The maximum Gasteiger partial charge on any atom is 0.222 e. The zero-order chi connectivity index (χ0) is 16.4. The summed E-state index contributed by atoms with van der Waals surface area (Å²) in [5.41, 5.74) is 2.38. The molecule has 1 aromatic heterocycles. The van der Waals surface area contributed by atoms with Gasteiger partial charge in [0.15, 0.2) is 0 Å². The van der Waals surface area contributed by atoms with Crippen molar-refractivity contribution in [2.24, 2.45) is 11.8 Å². The fourth-order valence-corrected chi connectivity index (χ4v) is 3.93. The Morgan fingerprint density at radius 3 is 3.00 bits per heavy atom. The van der Waals surface area contributed by atoms with E-state index in [0.29, 0.717) is 18.9 Å². The van der Waals surface area contributed by atoms with E-state index in [4.69, 9.17) is 4.74 Å². The maximum absolute atomic E-state index is 12.7. The summed E-state index contributed by atoms with van der Waals surface area (Å²) in [6.07, 6.45) is 7.33. The molecule has 2 aliphatic rings. The molecule has 1 unspecified atom stereocenters. The number of fused-ring (bicyclic) bond motifs is 1. The molecule has 24 heavy (non-hydrogen) atoms. The largest absolute Gasteiger partial charge is 0.379 e. The molecule has 0 radical (unpaired) electrons. The molecule has 2 fully saturated rings. The van der Waals surface area contributed by atoms with Gasteiger partial charge in [0.1, 0.15) is 0 Å². The molecule has 1 N–H and O–H groups in total. The molecule has 1 aromatic carbocycles. The summed E-state index contributed by atoms with van der Waals surface area (Å²) in [4.78, 5) is 17.9. The van der Waals surface area contributed by atoms with Crippen LogP contribution in [-0.4, -0.2) is 42.1 Å². The topological polar surface area (TPSA) is 45.3 Å². The normalized spacial score (nSPS) is 22.3. The van der Waals surface area contributed by atoms with Crippen LogP contribution in [0, 0.1) is 11.8 Å². The lowest BCUT2D eigenvalue weighted by atomic mass is 9.76. The van der Waals surface area contributed by atoms with Crippen molar-refractivity contribution in [1.82, 2.24) is 9.88 Å². The highest BCUT2D eigenvalue weighted by atomic mass is 16.5. The predicted octanol–water partition coefficient (Wildman–Crippen LogP) is 3.38. The molecule has 1 saturated carbocycles. The van der Waals surface area contributed by atoms with Crippen LogP contribution in [0.5, 0.6) is 0 Å². The van der Waals surface area contributed by atoms with Gasteiger partial charge in [-0.05, 0) is 41.5 Å². The summed E-state index contributed by atoms with van der Waals surface area (Å²) in [7, 11) is 0. The van der Waals surface area contributed by atoms with Crippen LogP contribution in [0.4, 0.5) is 0 Å². The fourth-order valence-electron chi connectivity index (χ4n) is 3.93. The van der Waals surface area contributed by atoms with Gasteiger partial charge >= 0.3 is 0 Å². The van der Waals surface area contributed by atoms with Crippen molar-refractivity contribution >= 4 is 16.8 Å². The number of ether oxygens (including phenoxy) is 1. The second kappa shape index (κ2) is 6.98. The van der Waals surface area contributed by atoms with E-state index in [-0.39, 0.29) is 5.91 Å². The highest BCUT2D eigenvalue weighted by Crippen LogP contribution is 2.34. The zero-order valence-corrected chi connectivity index (χ0v) is 14.2. The van der Waals surface area contributed by atoms with Gasteiger partial charge in [-0.1, -0.05) is 25.3 Å². The van der Waals surface area contributed by atoms with Gasteiger partial charge in [0, 0.05) is 37.1 Å². The van der Waals surface area contributed by atoms with Crippen LogP contribution in [0.2, 0.25) is 0 Å². The Labute approximate surface area is 143 Å². The number of aromatic nitrogens is 1. The molecule has 1 amide bonds. The van der Waals surface area contributed by atoms with E-state index in [0.717, 1.165) is 37.6 Å². The molecular formula is C20H26N2O2. The molecule has 1 aliphatic carbocycles. The second-order valence-electron chi connectivity index (χ2n) is 7.27. The number of rotatable bonds is 4. The van der Waals surface area contributed by atoms with Crippen molar-refractivity contribution in [2.75, 3.05) is 26.3 Å². The molecule has 0 bridgehead atoms. The predicted molar refractivity (Wildman–Crippen MR) is 94.8 cm³/mol. The molecule has 4 nitrogen and oxygen atoms in total. The zero-order valence-electron chi connectivity index (χ0n) is 14.2. The number of H-pyrrole nitrogens is 1. The minimum Gasteiger partial charge on any atom is -0.379 e. The van der Waals surface area contributed by atoms with Crippen LogP contribution in [0.25, 0.3) is 10.9 Å². The van der Waals surface area contributed by atoms with Crippen molar-refractivity contribution in [3.63, 3.8) is 0 Å². The van der Waals surface area contributed by atoms with E-state index < -0.39 is 0 Å². The fraction of sp³-hybridized carbons (Fsp3) is 0.550. The molecule has 2 aromatic rings. The quantitative estimate of drug-likeness (QED) is 0.936. The summed E-state index contributed by atoms with van der Waals surface area (Å²) < 4.78 is 5.75.